The largest absolute Gasteiger partial charge is 0.330 e. The number of hydrogen-bond donors (Lipinski definition) is 1. The Morgan fingerprint density at radius 2 is 2.07 bits per heavy atom. The summed E-state index contributed by atoms with van der Waals surface area (Å²) in [5.74, 6) is 0.925. The lowest BCUT2D eigenvalue weighted by molar-refractivity contribution is 0.526. The summed E-state index contributed by atoms with van der Waals surface area (Å²) < 4.78 is 1.98. The molecule has 15 heavy (non-hydrogen) atoms. The number of pyridine rings is 1. The van der Waals surface area contributed by atoms with Gasteiger partial charge in [0.15, 0.2) is 5.52 Å². The number of hydrogen-bond acceptors (Lipinski definition) is 2. The fraction of sp³-hybridized carbons (Fsp3) is 0.455. The molecule has 4 nitrogen and oxygen atoms in total. The number of aromatic amines is 1. The van der Waals surface area contributed by atoms with Gasteiger partial charge in [-0.2, -0.15) is 0 Å². The molecule has 0 saturated carbocycles. The zero-order valence-corrected chi connectivity index (χ0v) is 9.46. The van der Waals surface area contributed by atoms with E-state index in [4.69, 9.17) is 0 Å². The molecule has 2 aromatic heterocycles. The number of nitrogens with one attached hydrogen (secondary N) is 1. The van der Waals surface area contributed by atoms with E-state index in [1.54, 1.807) is 6.20 Å². The van der Waals surface area contributed by atoms with Crippen molar-refractivity contribution in [3.05, 3.63) is 28.4 Å². The summed E-state index contributed by atoms with van der Waals surface area (Å²) in [6, 6.07) is 1.87. The average Bonchev–Trinajstić information content (AvgIpc) is 2.45. The lowest BCUT2D eigenvalue weighted by atomic mass is 9.96. The van der Waals surface area contributed by atoms with Gasteiger partial charge in [-0.15, -0.1) is 0 Å². The molecule has 0 atom stereocenters. The van der Waals surface area contributed by atoms with Crippen LogP contribution in [0.5, 0.6) is 0 Å². The summed E-state index contributed by atoms with van der Waals surface area (Å²) in [5, 5.41) is 0. The first kappa shape index (κ1) is 9.96. The molecule has 0 amide bonds. The number of rotatable bonds is 0. The third-order valence-electron chi connectivity index (χ3n) is 2.48. The first-order chi connectivity index (χ1) is 6.91. The molecular weight excluding hydrogens is 190 g/mol. The number of aryl methyl sites for hydroxylation is 1. The van der Waals surface area contributed by atoms with E-state index >= 15 is 0 Å². The van der Waals surface area contributed by atoms with E-state index in [1.807, 2.05) is 17.7 Å². The van der Waals surface area contributed by atoms with Gasteiger partial charge in [-0.1, -0.05) is 20.8 Å². The van der Waals surface area contributed by atoms with Crippen molar-refractivity contribution in [3.63, 3.8) is 0 Å². The Morgan fingerprint density at radius 3 is 2.60 bits per heavy atom. The van der Waals surface area contributed by atoms with Crippen molar-refractivity contribution in [3.8, 4) is 0 Å². The Morgan fingerprint density at radius 1 is 1.40 bits per heavy atom. The summed E-state index contributed by atoms with van der Waals surface area (Å²) in [6.45, 7) is 6.26. The molecule has 0 fully saturated rings. The molecule has 0 bridgehead atoms. The van der Waals surface area contributed by atoms with Gasteiger partial charge < -0.3 is 9.55 Å². The van der Waals surface area contributed by atoms with Crippen LogP contribution in [0.1, 0.15) is 26.6 Å². The van der Waals surface area contributed by atoms with Crippen molar-refractivity contribution >= 4 is 11.0 Å². The predicted molar refractivity (Wildman–Crippen MR) is 60.0 cm³/mol. The highest BCUT2D eigenvalue weighted by molar-refractivity contribution is 5.74. The maximum atomic E-state index is 11.5. The number of H-pyrrole nitrogens is 1. The monoisotopic (exact) mass is 205 g/mol. The van der Waals surface area contributed by atoms with Crippen LogP contribution in [0.3, 0.4) is 0 Å². The van der Waals surface area contributed by atoms with Crippen molar-refractivity contribution in [1.82, 2.24) is 14.5 Å². The Balaban J connectivity index is 2.87. The SMILES string of the molecule is Cn1c(C(C)(C)C)nc2c(=O)[nH]ccc21. The van der Waals surface area contributed by atoms with Gasteiger partial charge in [0.25, 0.3) is 5.56 Å². The Bertz CT molecular complexity index is 557. The number of aromatic nitrogens is 3. The number of nitrogens with zero attached hydrogens (tertiary/aromatic N) is 2. The van der Waals surface area contributed by atoms with Crippen LogP contribution < -0.4 is 5.56 Å². The van der Waals surface area contributed by atoms with E-state index in [1.165, 1.54) is 0 Å². The van der Waals surface area contributed by atoms with Crippen LogP contribution in [-0.2, 0) is 12.5 Å². The predicted octanol–water partition coefficient (Wildman–Crippen LogP) is 1.56. The van der Waals surface area contributed by atoms with E-state index in [0.29, 0.717) is 5.52 Å². The second-order valence-corrected chi connectivity index (χ2v) is 4.79. The van der Waals surface area contributed by atoms with Crippen LogP contribution in [0.15, 0.2) is 17.1 Å². The van der Waals surface area contributed by atoms with Crippen LogP contribution in [0.4, 0.5) is 0 Å². The van der Waals surface area contributed by atoms with Crippen molar-refractivity contribution in [2.45, 2.75) is 26.2 Å². The molecule has 80 valence electrons. The van der Waals surface area contributed by atoms with Crippen molar-refractivity contribution in [1.29, 1.82) is 0 Å². The molecule has 0 saturated heterocycles. The van der Waals surface area contributed by atoms with E-state index in [9.17, 15) is 4.79 Å². The van der Waals surface area contributed by atoms with Gasteiger partial charge in [0.05, 0.1) is 5.52 Å². The summed E-state index contributed by atoms with van der Waals surface area (Å²) in [5.41, 5.74) is 1.22. The van der Waals surface area contributed by atoms with E-state index in [0.717, 1.165) is 11.3 Å². The molecular formula is C11H15N3O. The van der Waals surface area contributed by atoms with Gasteiger partial charge in [0.2, 0.25) is 0 Å². The molecule has 0 spiro atoms. The molecule has 0 aliphatic carbocycles. The minimum absolute atomic E-state index is 0.0553. The van der Waals surface area contributed by atoms with E-state index in [2.05, 4.69) is 30.7 Å². The van der Waals surface area contributed by atoms with Crippen LogP contribution >= 0.6 is 0 Å². The zero-order chi connectivity index (χ0) is 11.2. The summed E-state index contributed by atoms with van der Waals surface area (Å²) in [6.07, 6.45) is 1.65. The zero-order valence-electron chi connectivity index (χ0n) is 9.46. The first-order valence-electron chi connectivity index (χ1n) is 4.96. The molecule has 1 N–H and O–H groups in total. The lowest BCUT2D eigenvalue weighted by Gasteiger charge is -2.17. The van der Waals surface area contributed by atoms with Gasteiger partial charge in [0, 0.05) is 18.7 Å². The second-order valence-electron chi connectivity index (χ2n) is 4.79. The Kier molecular flexibility index (Phi) is 1.96. The van der Waals surface area contributed by atoms with Crippen LogP contribution in [0.25, 0.3) is 11.0 Å². The van der Waals surface area contributed by atoms with Gasteiger partial charge >= 0.3 is 0 Å². The summed E-state index contributed by atoms with van der Waals surface area (Å²) >= 11 is 0. The third-order valence-corrected chi connectivity index (χ3v) is 2.48. The van der Waals surface area contributed by atoms with Crippen LogP contribution in [0.2, 0.25) is 0 Å². The highest BCUT2D eigenvalue weighted by atomic mass is 16.1. The fourth-order valence-electron chi connectivity index (χ4n) is 1.80. The summed E-state index contributed by atoms with van der Waals surface area (Å²) in [7, 11) is 1.94. The normalized spacial score (nSPS) is 12.3. The Labute approximate surface area is 88.0 Å². The molecule has 2 aromatic rings. The molecule has 0 aromatic carbocycles. The van der Waals surface area contributed by atoms with Crippen molar-refractivity contribution in [2.24, 2.45) is 7.05 Å². The summed E-state index contributed by atoms with van der Waals surface area (Å²) in [4.78, 5) is 18.6. The molecule has 0 radical (unpaired) electrons. The van der Waals surface area contributed by atoms with Gasteiger partial charge in [-0.05, 0) is 6.07 Å². The smallest absolute Gasteiger partial charge is 0.276 e. The first-order valence-corrected chi connectivity index (χ1v) is 4.96. The molecule has 4 heteroatoms. The fourth-order valence-corrected chi connectivity index (χ4v) is 1.80. The van der Waals surface area contributed by atoms with Gasteiger partial charge in [0.1, 0.15) is 5.82 Å². The van der Waals surface area contributed by atoms with Crippen LogP contribution in [-0.4, -0.2) is 14.5 Å². The van der Waals surface area contributed by atoms with Crippen molar-refractivity contribution in [2.75, 3.05) is 0 Å². The minimum atomic E-state index is -0.126. The maximum absolute atomic E-state index is 11.5. The van der Waals surface area contributed by atoms with Gasteiger partial charge in [-0.3, -0.25) is 4.79 Å². The standard InChI is InChI=1S/C11H15N3O/c1-11(2,3)10-13-8-7(14(10)4)5-6-12-9(8)15/h5-6H,1-4H3,(H,12,15). The number of fused-ring (bicyclic) bond motifs is 1. The topological polar surface area (TPSA) is 50.7 Å². The third kappa shape index (κ3) is 1.46. The van der Waals surface area contributed by atoms with Gasteiger partial charge in [-0.25, -0.2) is 4.98 Å². The second kappa shape index (κ2) is 2.95. The number of imidazole rings is 1. The van der Waals surface area contributed by atoms with E-state index < -0.39 is 0 Å². The molecule has 0 aliphatic heterocycles. The highest BCUT2D eigenvalue weighted by Crippen LogP contribution is 2.23. The molecule has 0 aliphatic rings. The minimum Gasteiger partial charge on any atom is -0.330 e. The van der Waals surface area contributed by atoms with Crippen LogP contribution in [0, 0.1) is 0 Å². The van der Waals surface area contributed by atoms with E-state index in [-0.39, 0.29) is 11.0 Å². The highest BCUT2D eigenvalue weighted by Gasteiger charge is 2.21. The van der Waals surface area contributed by atoms with Crippen molar-refractivity contribution < 1.29 is 0 Å². The quantitative estimate of drug-likeness (QED) is 0.709. The average molecular weight is 205 g/mol. The lowest BCUT2D eigenvalue weighted by Crippen LogP contribution is -2.17. The molecule has 2 rings (SSSR count). The molecule has 2 heterocycles. The maximum Gasteiger partial charge on any atom is 0.276 e. The Hall–Kier alpha value is -1.58. The molecule has 0 unspecified atom stereocenters.